The number of nitrogens with zero attached hydrogens (tertiary/aromatic N) is 1. The minimum Gasteiger partial charge on any atom is -0.444 e. The number of benzene rings is 1. The van der Waals surface area contributed by atoms with Gasteiger partial charge in [-0.3, -0.25) is 0 Å². The lowest BCUT2D eigenvalue weighted by Gasteiger charge is -2.55. The number of carbonyl (C=O) groups excluding carboxylic acids is 1. The summed E-state index contributed by atoms with van der Waals surface area (Å²) in [6.07, 6.45) is 4.01. The summed E-state index contributed by atoms with van der Waals surface area (Å²) in [6, 6.07) is 8.89. The Kier molecular flexibility index (Phi) is 5.33. The van der Waals surface area contributed by atoms with Crippen molar-refractivity contribution in [1.29, 1.82) is 0 Å². The Morgan fingerprint density at radius 1 is 1.11 bits per heavy atom. The molecule has 2 aliphatic rings. The molecule has 0 unspecified atom stereocenters. The van der Waals surface area contributed by atoms with E-state index in [1.807, 2.05) is 32.8 Å². The Bertz CT molecular complexity index is 673. The van der Waals surface area contributed by atoms with Crippen LogP contribution in [0, 0.1) is 5.41 Å². The molecule has 1 heterocycles. The van der Waals surface area contributed by atoms with Gasteiger partial charge in [0.05, 0.1) is 5.60 Å². The summed E-state index contributed by atoms with van der Waals surface area (Å²) < 4.78 is 11.6. The highest BCUT2D eigenvalue weighted by atomic mass is 16.6. The van der Waals surface area contributed by atoms with Crippen molar-refractivity contribution < 1.29 is 14.3 Å². The first kappa shape index (κ1) is 20.2. The average Bonchev–Trinajstić information content (AvgIpc) is 2.58. The number of amides is 1. The Morgan fingerprint density at radius 2 is 1.74 bits per heavy atom. The molecule has 1 aliphatic heterocycles. The lowest BCUT2D eigenvalue weighted by molar-refractivity contribution is -0.112. The van der Waals surface area contributed by atoms with Crippen LogP contribution in [0.4, 0.5) is 4.79 Å². The van der Waals surface area contributed by atoms with Crippen molar-refractivity contribution in [3.05, 3.63) is 35.4 Å². The summed E-state index contributed by atoms with van der Waals surface area (Å²) in [5, 5.41) is 0. The number of hydrogen-bond donors (Lipinski definition) is 0. The summed E-state index contributed by atoms with van der Waals surface area (Å²) in [7, 11) is 1.84. The van der Waals surface area contributed by atoms with E-state index in [1.54, 1.807) is 0 Å². The van der Waals surface area contributed by atoms with E-state index in [4.69, 9.17) is 9.47 Å². The van der Waals surface area contributed by atoms with Crippen LogP contribution in [0.25, 0.3) is 0 Å². The van der Waals surface area contributed by atoms with Crippen molar-refractivity contribution in [3.63, 3.8) is 0 Å². The van der Waals surface area contributed by atoms with Gasteiger partial charge >= 0.3 is 6.09 Å². The standard InChI is InChI=1S/C23H35NO3/c1-17(2)18-8-7-9-19(14-18)23(26-6)12-10-22(11-13-23)15-24(16-22)20(25)27-21(3,4)5/h7-9,14,17H,10-13,15-16H2,1-6H3. The zero-order valence-corrected chi connectivity index (χ0v) is 17.8. The molecule has 0 radical (unpaired) electrons. The minimum atomic E-state index is -0.432. The van der Waals surface area contributed by atoms with Gasteiger partial charge in [0.25, 0.3) is 0 Å². The summed E-state index contributed by atoms with van der Waals surface area (Å²) in [6.45, 7) is 11.8. The molecule has 1 spiro atoms. The first-order valence-electron chi connectivity index (χ1n) is 10.2. The molecule has 1 saturated heterocycles. The van der Waals surface area contributed by atoms with Gasteiger partial charge in [0.1, 0.15) is 5.60 Å². The predicted molar refractivity (Wildman–Crippen MR) is 108 cm³/mol. The zero-order chi connectivity index (χ0) is 19.9. The highest BCUT2D eigenvalue weighted by molar-refractivity contribution is 5.69. The molecular formula is C23H35NO3. The summed E-state index contributed by atoms with van der Waals surface area (Å²) in [5.74, 6) is 0.516. The van der Waals surface area contributed by atoms with Gasteiger partial charge < -0.3 is 14.4 Å². The maximum absolute atomic E-state index is 12.3. The molecule has 1 aromatic carbocycles. The van der Waals surface area contributed by atoms with Crippen LogP contribution in [0.2, 0.25) is 0 Å². The van der Waals surface area contributed by atoms with E-state index in [1.165, 1.54) is 11.1 Å². The largest absolute Gasteiger partial charge is 0.444 e. The fraction of sp³-hybridized carbons (Fsp3) is 0.696. The van der Waals surface area contributed by atoms with Crippen LogP contribution in [0.3, 0.4) is 0 Å². The second-order valence-corrected chi connectivity index (χ2v) is 9.81. The molecule has 3 rings (SSSR count). The lowest BCUT2D eigenvalue weighted by Crippen LogP contribution is -2.61. The highest BCUT2D eigenvalue weighted by Crippen LogP contribution is 2.51. The number of ether oxygens (including phenoxy) is 2. The lowest BCUT2D eigenvalue weighted by atomic mass is 9.63. The molecule has 0 atom stereocenters. The number of rotatable bonds is 3. The van der Waals surface area contributed by atoms with E-state index in [0.29, 0.717) is 5.92 Å². The van der Waals surface area contributed by atoms with Crippen molar-refractivity contribution in [2.75, 3.05) is 20.2 Å². The first-order valence-corrected chi connectivity index (χ1v) is 10.2. The maximum Gasteiger partial charge on any atom is 0.410 e. The van der Waals surface area contributed by atoms with Gasteiger partial charge in [-0.2, -0.15) is 0 Å². The molecule has 1 saturated carbocycles. The topological polar surface area (TPSA) is 38.8 Å². The van der Waals surface area contributed by atoms with Gasteiger partial charge in [0.2, 0.25) is 0 Å². The smallest absolute Gasteiger partial charge is 0.410 e. The quantitative estimate of drug-likeness (QED) is 0.706. The normalized spacial score (nSPS) is 21.2. The van der Waals surface area contributed by atoms with E-state index in [0.717, 1.165) is 38.8 Å². The van der Waals surface area contributed by atoms with Crippen LogP contribution in [0.15, 0.2) is 24.3 Å². The molecule has 0 N–H and O–H groups in total. The van der Waals surface area contributed by atoms with Gasteiger partial charge in [0.15, 0.2) is 0 Å². The SMILES string of the molecule is COC1(c2cccc(C(C)C)c2)CCC2(CC1)CN(C(=O)OC(C)(C)C)C2. The predicted octanol–water partition coefficient (Wildman–Crippen LogP) is 5.46. The van der Waals surface area contributed by atoms with Gasteiger partial charge in [-0.15, -0.1) is 0 Å². The first-order chi connectivity index (χ1) is 12.6. The minimum absolute atomic E-state index is 0.179. The number of likely N-dealkylation sites (tertiary alicyclic amines) is 1. The molecule has 4 nitrogen and oxygen atoms in total. The second kappa shape index (κ2) is 7.12. The molecule has 27 heavy (non-hydrogen) atoms. The molecule has 4 heteroatoms. The summed E-state index contributed by atoms with van der Waals surface area (Å²) in [5.41, 5.74) is 2.29. The highest BCUT2D eigenvalue weighted by Gasteiger charge is 2.51. The maximum atomic E-state index is 12.3. The molecular weight excluding hydrogens is 338 g/mol. The number of methoxy groups -OCH3 is 1. The fourth-order valence-electron chi connectivity index (χ4n) is 4.51. The fourth-order valence-corrected chi connectivity index (χ4v) is 4.51. The van der Waals surface area contributed by atoms with Gasteiger partial charge in [-0.1, -0.05) is 38.1 Å². The van der Waals surface area contributed by atoms with Gasteiger partial charge in [-0.25, -0.2) is 4.79 Å². The summed E-state index contributed by atoms with van der Waals surface area (Å²) in [4.78, 5) is 14.1. The molecule has 2 fully saturated rings. The van der Waals surface area contributed by atoms with Crippen molar-refractivity contribution >= 4 is 6.09 Å². The number of carbonyl (C=O) groups is 1. The van der Waals surface area contributed by atoms with E-state index in [2.05, 4.69) is 38.1 Å². The number of hydrogen-bond acceptors (Lipinski definition) is 3. The average molecular weight is 374 g/mol. The zero-order valence-electron chi connectivity index (χ0n) is 17.8. The third-order valence-electron chi connectivity index (χ3n) is 6.29. The van der Waals surface area contributed by atoms with Crippen molar-refractivity contribution in [1.82, 2.24) is 4.90 Å². The molecule has 1 aliphatic carbocycles. The molecule has 1 amide bonds. The third kappa shape index (κ3) is 4.16. The molecule has 150 valence electrons. The van der Waals surface area contributed by atoms with Crippen molar-refractivity contribution in [2.45, 2.75) is 77.4 Å². The Balaban J connectivity index is 1.64. The van der Waals surface area contributed by atoms with Crippen LogP contribution >= 0.6 is 0 Å². The monoisotopic (exact) mass is 373 g/mol. The van der Waals surface area contributed by atoms with E-state index in [9.17, 15) is 4.79 Å². The second-order valence-electron chi connectivity index (χ2n) is 9.81. The van der Waals surface area contributed by atoms with E-state index < -0.39 is 5.60 Å². The van der Waals surface area contributed by atoms with Crippen LogP contribution in [0.1, 0.15) is 77.3 Å². The Morgan fingerprint density at radius 3 is 2.26 bits per heavy atom. The molecule has 0 bridgehead atoms. The van der Waals surface area contributed by atoms with E-state index in [-0.39, 0.29) is 17.1 Å². The van der Waals surface area contributed by atoms with E-state index >= 15 is 0 Å². The Hall–Kier alpha value is -1.55. The Labute approximate surface area is 164 Å². The van der Waals surface area contributed by atoms with Gasteiger partial charge in [-0.05, 0) is 63.5 Å². The van der Waals surface area contributed by atoms with Crippen LogP contribution < -0.4 is 0 Å². The van der Waals surface area contributed by atoms with Crippen LogP contribution in [-0.4, -0.2) is 36.8 Å². The van der Waals surface area contributed by atoms with Crippen molar-refractivity contribution in [3.8, 4) is 0 Å². The molecule has 0 aromatic heterocycles. The molecule has 1 aromatic rings. The summed E-state index contributed by atoms with van der Waals surface area (Å²) >= 11 is 0. The van der Waals surface area contributed by atoms with Gasteiger partial charge in [0, 0.05) is 25.6 Å². The third-order valence-corrected chi connectivity index (χ3v) is 6.29. The van der Waals surface area contributed by atoms with Crippen molar-refractivity contribution in [2.24, 2.45) is 5.41 Å². The van der Waals surface area contributed by atoms with Crippen LogP contribution in [0.5, 0.6) is 0 Å². The van der Waals surface area contributed by atoms with Crippen LogP contribution in [-0.2, 0) is 15.1 Å².